The second-order valence-corrected chi connectivity index (χ2v) is 5.70. The summed E-state index contributed by atoms with van der Waals surface area (Å²) in [5, 5.41) is 29.6. The summed E-state index contributed by atoms with van der Waals surface area (Å²) in [6, 6.07) is 18.1. The van der Waals surface area contributed by atoms with Crippen LogP contribution in [0.15, 0.2) is 83.5 Å². The Hall–Kier alpha value is -3.93. The Morgan fingerprint density at radius 3 is 2.11 bits per heavy atom. The molecular formula is C21H17N3O3. The molecule has 0 saturated carbocycles. The first-order valence-corrected chi connectivity index (χ1v) is 8.13. The van der Waals surface area contributed by atoms with Crippen molar-refractivity contribution in [2.24, 2.45) is 10.2 Å². The van der Waals surface area contributed by atoms with E-state index in [1.807, 2.05) is 24.3 Å². The molecule has 0 unspecified atom stereocenters. The van der Waals surface area contributed by atoms with Gasteiger partial charge in [0, 0.05) is 17.3 Å². The second kappa shape index (κ2) is 7.97. The Kier molecular flexibility index (Phi) is 5.28. The Labute approximate surface area is 156 Å². The lowest BCUT2D eigenvalue weighted by atomic mass is 10.1. The molecule has 3 aromatic rings. The van der Waals surface area contributed by atoms with Crippen LogP contribution in [0, 0.1) is 0 Å². The van der Waals surface area contributed by atoms with Crippen LogP contribution in [0.4, 0.5) is 17.1 Å². The quantitative estimate of drug-likeness (QED) is 0.420. The first-order chi connectivity index (χ1) is 13.0. The van der Waals surface area contributed by atoms with Crippen molar-refractivity contribution in [3.8, 4) is 11.5 Å². The second-order valence-electron chi connectivity index (χ2n) is 5.70. The van der Waals surface area contributed by atoms with Crippen molar-refractivity contribution in [3.63, 3.8) is 0 Å². The smallest absolute Gasteiger partial charge is 0.255 e. The van der Waals surface area contributed by atoms with Crippen molar-refractivity contribution in [1.82, 2.24) is 0 Å². The van der Waals surface area contributed by atoms with Gasteiger partial charge in [-0.25, -0.2) is 0 Å². The molecule has 134 valence electrons. The van der Waals surface area contributed by atoms with Gasteiger partial charge in [-0.15, -0.1) is 0 Å². The fourth-order valence-electron chi connectivity index (χ4n) is 2.27. The zero-order valence-electron chi connectivity index (χ0n) is 14.3. The van der Waals surface area contributed by atoms with Crippen LogP contribution < -0.4 is 5.32 Å². The number of amides is 1. The normalized spacial score (nSPS) is 10.7. The third kappa shape index (κ3) is 4.58. The molecule has 0 aliphatic rings. The summed E-state index contributed by atoms with van der Waals surface area (Å²) < 4.78 is 0. The van der Waals surface area contributed by atoms with Gasteiger partial charge in [-0.05, 0) is 54.1 Å². The molecule has 0 saturated heterocycles. The zero-order valence-corrected chi connectivity index (χ0v) is 14.3. The van der Waals surface area contributed by atoms with Crippen molar-refractivity contribution < 1.29 is 15.0 Å². The van der Waals surface area contributed by atoms with Crippen LogP contribution in [0.2, 0.25) is 0 Å². The van der Waals surface area contributed by atoms with E-state index in [2.05, 4.69) is 22.1 Å². The van der Waals surface area contributed by atoms with E-state index in [1.165, 1.54) is 18.2 Å². The Bertz CT molecular complexity index is 994. The molecule has 0 aromatic heterocycles. The maximum atomic E-state index is 12.3. The van der Waals surface area contributed by atoms with E-state index in [0.717, 1.165) is 5.56 Å². The fraction of sp³-hybridized carbons (Fsp3) is 0. The molecular weight excluding hydrogens is 342 g/mol. The number of nitrogens with zero attached hydrogens (tertiary/aromatic N) is 2. The Morgan fingerprint density at radius 1 is 0.852 bits per heavy atom. The highest BCUT2D eigenvalue weighted by molar-refractivity contribution is 6.04. The van der Waals surface area contributed by atoms with Crippen LogP contribution in [-0.4, -0.2) is 16.1 Å². The molecule has 0 aliphatic carbocycles. The first kappa shape index (κ1) is 17.9. The number of rotatable bonds is 5. The number of phenolic OH excluding ortho intramolecular Hbond substituents is 2. The Morgan fingerprint density at radius 2 is 1.48 bits per heavy atom. The van der Waals surface area contributed by atoms with Crippen LogP contribution in [0.25, 0.3) is 6.08 Å². The number of anilines is 1. The predicted molar refractivity (Wildman–Crippen MR) is 105 cm³/mol. The summed E-state index contributed by atoms with van der Waals surface area (Å²) in [5.41, 5.74) is 3.11. The summed E-state index contributed by atoms with van der Waals surface area (Å²) in [5.74, 6) is -0.712. The molecule has 0 aliphatic heterocycles. The van der Waals surface area contributed by atoms with Crippen LogP contribution in [-0.2, 0) is 0 Å². The third-order valence-electron chi connectivity index (χ3n) is 3.77. The molecule has 0 bridgehead atoms. The fourth-order valence-corrected chi connectivity index (χ4v) is 2.27. The monoisotopic (exact) mass is 359 g/mol. The molecule has 0 spiro atoms. The summed E-state index contributed by atoms with van der Waals surface area (Å²) in [6.45, 7) is 3.69. The van der Waals surface area contributed by atoms with Crippen LogP contribution in [0.1, 0.15) is 15.9 Å². The third-order valence-corrected chi connectivity index (χ3v) is 3.77. The number of benzene rings is 3. The minimum atomic E-state index is -0.264. The van der Waals surface area contributed by atoms with E-state index in [-0.39, 0.29) is 17.4 Å². The Balaban J connectivity index is 1.66. The molecule has 1 amide bonds. The molecule has 6 heteroatoms. The molecule has 0 radical (unpaired) electrons. The maximum absolute atomic E-state index is 12.3. The topological polar surface area (TPSA) is 94.3 Å². The van der Waals surface area contributed by atoms with Gasteiger partial charge in [0.2, 0.25) is 0 Å². The number of nitrogens with one attached hydrogen (secondary N) is 1. The molecule has 0 atom stereocenters. The maximum Gasteiger partial charge on any atom is 0.255 e. The summed E-state index contributed by atoms with van der Waals surface area (Å²) in [4.78, 5) is 12.3. The van der Waals surface area contributed by atoms with Crippen LogP contribution >= 0.6 is 0 Å². The van der Waals surface area contributed by atoms with Gasteiger partial charge in [0.05, 0.1) is 11.4 Å². The lowest BCUT2D eigenvalue weighted by Crippen LogP contribution is -2.11. The van der Waals surface area contributed by atoms with Gasteiger partial charge in [0.1, 0.15) is 0 Å². The highest BCUT2D eigenvalue weighted by atomic mass is 16.3. The van der Waals surface area contributed by atoms with Crippen molar-refractivity contribution in [2.75, 3.05) is 5.32 Å². The van der Waals surface area contributed by atoms with Gasteiger partial charge < -0.3 is 15.5 Å². The van der Waals surface area contributed by atoms with Gasteiger partial charge in [-0.1, -0.05) is 24.8 Å². The van der Waals surface area contributed by atoms with Gasteiger partial charge in [0.25, 0.3) is 5.91 Å². The summed E-state index contributed by atoms with van der Waals surface area (Å²) in [6.07, 6.45) is 1.73. The lowest BCUT2D eigenvalue weighted by Gasteiger charge is -2.06. The standard InChI is InChI=1S/C21H17N3O3/c1-2-14-3-7-16(8-4-14)22-21(27)15-5-9-17(10-6-15)23-24-18-11-12-19(25)20(26)13-18/h2-13,25-26H,1H2,(H,22,27). The average molecular weight is 359 g/mol. The van der Waals surface area contributed by atoms with Crippen molar-refractivity contribution >= 4 is 29.0 Å². The average Bonchev–Trinajstić information content (AvgIpc) is 2.70. The molecule has 3 N–H and O–H groups in total. The van der Waals surface area contributed by atoms with E-state index in [9.17, 15) is 15.0 Å². The molecule has 0 fully saturated rings. The minimum Gasteiger partial charge on any atom is -0.504 e. The number of carbonyl (C=O) groups is 1. The number of carbonyl (C=O) groups excluding carboxylic acids is 1. The predicted octanol–water partition coefficient (Wildman–Crippen LogP) is 5.41. The van der Waals surface area contributed by atoms with Gasteiger partial charge in [0.15, 0.2) is 11.5 Å². The molecule has 0 heterocycles. The minimum absolute atomic E-state index is 0.219. The van der Waals surface area contributed by atoms with E-state index in [4.69, 9.17) is 0 Å². The number of aromatic hydroxyl groups is 2. The number of azo groups is 1. The summed E-state index contributed by atoms with van der Waals surface area (Å²) in [7, 11) is 0. The SMILES string of the molecule is C=Cc1ccc(NC(=O)c2ccc(N=Nc3ccc(O)c(O)c3)cc2)cc1. The van der Waals surface area contributed by atoms with E-state index in [0.29, 0.717) is 22.6 Å². The van der Waals surface area contributed by atoms with Gasteiger partial charge in [-0.3, -0.25) is 4.79 Å². The molecule has 27 heavy (non-hydrogen) atoms. The zero-order chi connectivity index (χ0) is 19.2. The number of phenols is 2. The van der Waals surface area contributed by atoms with Crippen molar-refractivity contribution in [3.05, 3.63) is 84.4 Å². The lowest BCUT2D eigenvalue weighted by molar-refractivity contribution is 0.102. The summed E-state index contributed by atoms with van der Waals surface area (Å²) >= 11 is 0. The molecule has 3 aromatic carbocycles. The van der Waals surface area contributed by atoms with Crippen molar-refractivity contribution in [1.29, 1.82) is 0 Å². The number of hydrogen-bond acceptors (Lipinski definition) is 5. The molecule has 6 nitrogen and oxygen atoms in total. The highest BCUT2D eigenvalue weighted by Gasteiger charge is 2.06. The van der Waals surface area contributed by atoms with Gasteiger partial charge in [-0.2, -0.15) is 10.2 Å². The van der Waals surface area contributed by atoms with Crippen molar-refractivity contribution in [2.45, 2.75) is 0 Å². The first-order valence-electron chi connectivity index (χ1n) is 8.13. The largest absolute Gasteiger partial charge is 0.504 e. The number of hydrogen-bond donors (Lipinski definition) is 3. The van der Waals surface area contributed by atoms with Crippen LogP contribution in [0.3, 0.4) is 0 Å². The highest BCUT2D eigenvalue weighted by Crippen LogP contribution is 2.29. The van der Waals surface area contributed by atoms with Gasteiger partial charge >= 0.3 is 0 Å². The van der Waals surface area contributed by atoms with Crippen LogP contribution in [0.5, 0.6) is 11.5 Å². The molecule has 3 rings (SSSR count). The van der Waals surface area contributed by atoms with E-state index in [1.54, 1.807) is 30.3 Å². The van der Waals surface area contributed by atoms with E-state index < -0.39 is 0 Å². The van der Waals surface area contributed by atoms with E-state index >= 15 is 0 Å².